The van der Waals surface area contributed by atoms with Crippen LogP contribution in [0.1, 0.15) is 15.2 Å². The predicted molar refractivity (Wildman–Crippen MR) is 113 cm³/mol. The molecule has 1 aliphatic heterocycles. The number of nitrogens with zero attached hydrogens (tertiary/aromatic N) is 2. The molecule has 27 heavy (non-hydrogen) atoms. The van der Waals surface area contributed by atoms with E-state index < -0.39 is 0 Å². The Labute approximate surface area is 168 Å². The number of carbonyl (C=O) groups is 1. The summed E-state index contributed by atoms with van der Waals surface area (Å²) in [6.07, 6.45) is 0. The number of hydrogen-bond acceptors (Lipinski definition) is 6. The Morgan fingerprint density at radius 2 is 1.89 bits per heavy atom. The standard InChI is InChI=1S/C19H23N3O3S2/c1-13-12-14(18(23)25-3)17(27-13)20-19(26)22-10-8-21(9-11-22)15-6-4-5-7-16(15)24-2/h4-7,12H,8-11H2,1-3H3,(H,20,26). The van der Waals surface area contributed by atoms with Crippen molar-refractivity contribution in [1.29, 1.82) is 0 Å². The first-order valence-corrected chi connectivity index (χ1v) is 9.88. The highest BCUT2D eigenvalue weighted by Crippen LogP contribution is 2.30. The first-order chi connectivity index (χ1) is 13.0. The van der Waals surface area contributed by atoms with Gasteiger partial charge in [0.15, 0.2) is 5.11 Å². The van der Waals surface area contributed by atoms with Crippen molar-refractivity contribution in [3.05, 3.63) is 40.8 Å². The average Bonchev–Trinajstić information content (AvgIpc) is 3.07. The molecule has 0 atom stereocenters. The monoisotopic (exact) mass is 405 g/mol. The summed E-state index contributed by atoms with van der Waals surface area (Å²) in [5.41, 5.74) is 1.62. The molecule has 0 bridgehead atoms. The summed E-state index contributed by atoms with van der Waals surface area (Å²) in [5.74, 6) is 0.522. The highest BCUT2D eigenvalue weighted by Gasteiger charge is 2.23. The summed E-state index contributed by atoms with van der Waals surface area (Å²) in [4.78, 5) is 17.4. The molecule has 8 heteroatoms. The van der Waals surface area contributed by atoms with E-state index in [0.29, 0.717) is 10.7 Å². The van der Waals surface area contributed by atoms with Gasteiger partial charge in [-0.1, -0.05) is 12.1 Å². The molecule has 144 valence electrons. The Hall–Kier alpha value is -2.32. The molecule has 1 saturated heterocycles. The minimum atomic E-state index is -0.356. The number of benzene rings is 1. The van der Waals surface area contributed by atoms with Crippen molar-refractivity contribution in [3.8, 4) is 5.75 Å². The molecule has 2 aromatic rings. The van der Waals surface area contributed by atoms with Gasteiger partial charge in [0.1, 0.15) is 10.8 Å². The molecule has 0 spiro atoms. The fraction of sp³-hybridized carbons (Fsp3) is 0.368. The van der Waals surface area contributed by atoms with Gasteiger partial charge in [-0.3, -0.25) is 0 Å². The number of methoxy groups -OCH3 is 2. The Balaban J connectivity index is 1.63. The second-order valence-corrected chi connectivity index (χ2v) is 7.81. The van der Waals surface area contributed by atoms with Crippen molar-refractivity contribution in [2.75, 3.05) is 50.6 Å². The van der Waals surface area contributed by atoms with E-state index in [2.05, 4.69) is 21.2 Å². The fourth-order valence-electron chi connectivity index (χ4n) is 3.09. The summed E-state index contributed by atoms with van der Waals surface area (Å²) >= 11 is 7.08. The summed E-state index contributed by atoms with van der Waals surface area (Å²) in [7, 11) is 3.07. The molecule has 1 aromatic heterocycles. The minimum Gasteiger partial charge on any atom is -0.495 e. The first-order valence-electron chi connectivity index (χ1n) is 8.66. The van der Waals surface area contributed by atoms with Crippen LogP contribution in [0, 0.1) is 6.92 Å². The lowest BCUT2D eigenvalue weighted by Gasteiger charge is -2.37. The van der Waals surface area contributed by atoms with E-state index in [9.17, 15) is 4.79 Å². The van der Waals surface area contributed by atoms with Gasteiger partial charge in [0.2, 0.25) is 0 Å². The molecule has 0 unspecified atom stereocenters. The second-order valence-electron chi connectivity index (χ2n) is 6.17. The third kappa shape index (κ3) is 4.33. The van der Waals surface area contributed by atoms with Gasteiger partial charge in [-0.2, -0.15) is 0 Å². The van der Waals surface area contributed by atoms with Crippen molar-refractivity contribution >= 4 is 45.3 Å². The van der Waals surface area contributed by atoms with Crippen LogP contribution in [0.3, 0.4) is 0 Å². The van der Waals surface area contributed by atoms with Crippen LogP contribution in [0.2, 0.25) is 0 Å². The van der Waals surface area contributed by atoms with E-state index in [1.54, 1.807) is 7.11 Å². The second kappa shape index (κ2) is 8.58. The van der Waals surface area contributed by atoms with Crippen LogP contribution in [0.25, 0.3) is 0 Å². The van der Waals surface area contributed by atoms with Crippen LogP contribution < -0.4 is 15.0 Å². The van der Waals surface area contributed by atoms with Gasteiger partial charge in [0.25, 0.3) is 0 Å². The normalized spacial score (nSPS) is 14.0. The van der Waals surface area contributed by atoms with Gasteiger partial charge in [-0.25, -0.2) is 4.79 Å². The third-order valence-electron chi connectivity index (χ3n) is 4.47. The highest BCUT2D eigenvalue weighted by atomic mass is 32.1. The number of rotatable bonds is 4. The van der Waals surface area contributed by atoms with Gasteiger partial charge in [-0.15, -0.1) is 11.3 Å². The van der Waals surface area contributed by atoms with Gasteiger partial charge in [0, 0.05) is 31.1 Å². The van der Waals surface area contributed by atoms with E-state index in [1.165, 1.54) is 18.4 Å². The van der Waals surface area contributed by atoms with Crippen LogP contribution in [0.4, 0.5) is 10.7 Å². The zero-order valence-electron chi connectivity index (χ0n) is 15.7. The molecule has 0 saturated carbocycles. The number of anilines is 2. The molecule has 2 heterocycles. The third-order valence-corrected chi connectivity index (χ3v) is 5.80. The number of thiocarbonyl (C=S) groups is 1. The molecular weight excluding hydrogens is 382 g/mol. The number of piperazine rings is 1. The van der Waals surface area contributed by atoms with Crippen molar-refractivity contribution in [1.82, 2.24) is 4.90 Å². The topological polar surface area (TPSA) is 54.0 Å². The highest BCUT2D eigenvalue weighted by molar-refractivity contribution is 7.80. The molecule has 3 rings (SSSR count). The van der Waals surface area contributed by atoms with E-state index in [1.807, 2.05) is 31.2 Å². The van der Waals surface area contributed by atoms with E-state index >= 15 is 0 Å². The van der Waals surface area contributed by atoms with Crippen molar-refractivity contribution < 1.29 is 14.3 Å². The minimum absolute atomic E-state index is 0.356. The Bertz CT molecular complexity index is 829. The maximum Gasteiger partial charge on any atom is 0.340 e. The van der Waals surface area contributed by atoms with Crippen LogP contribution in [-0.4, -0.2) is 56.4 Å². The van der Waals surface area contributed by atoms with Gasteiger partial charge >= 0.3 is 5.97 Å². The van der Waals surface area contributed by atoms with Crippen molar-refractivity contribution in [3.63, 3.8) is 0 Å². The number of hydrogen-bond donors (Lipinski definition) is 1. The zero-order chi connectivity index (χ0) is 19.4. The summed E-state index contributed by atoms with van der Waals surface area (Å²) < 4.78 is 10.3. The zero-order valence-corrected chi connectivity index (χ0v) is 17.3. The lowest BCUT2D eigenvalue weighted by atomic mass is 10.2. The number of para-hydroxylation sites is 2. The number of ether oxygens (including phenoxy) is 2. The van der Waals surface area contributed by atoms with Gasteiger partial charge in [-0.05, 0) is 37.3 Å². The number of nitrogens with one attached hydrogen (secondary N) is 1. The van der Waals surface area contributed by atoms with Crippen LogP contribution in [0.15, 0.2) is 30.3 Å². The fourth-order valence-corrected chi connectivity index (χ4v) is 4.33. The smallest absolute Gasteiger partial charge is 0.340 e. The molecular formula is C19H23N3O3S2. The van der Waals surface area contributed by atoms with Gasteiger partial charge in [0.05, 0.1) is 25.5 Å². The summed E-state index contributed by atoms with van der Waals surface area (Å²) in [6.45, 7) is 5.23. The maximum absolute atomic E-state index is 11.9. The van der Waals surface area contributed by atoms with Crippen LogP contribution in [-0.2, 0) is 4.74 Å². The van der Waals surface area contributed by atoms with E-state index in [4.69, 9.17) is 21.7 Å². The number of aryl methyl sites for hydroxylation is 1. The number of thiophene rings is 1. The molecule has 1 fully saturated rings. The SMILES string of the molecule is COC(=O)c1cc(C)sc1NC(=S)N1CCN(c2ccccc2OC)CC1. The Kier molecular flexibility index (Phi) is 6.18. The molecule has 0 aliphatic carbocycles. The number of esters is 1. The van der Waals surface area contributed by atoms with E-state index in [-0.39, 0.29) is 5.97 Å². The molecule has 0 amide bonds. The number of carbonyl (C=O) groups excluding carboxylic acids is 1. The molecule has 1 aromatic carbocycles. The van der Waals surface area contributed by atoms with Crippen molar-refractivity contribution in [2.24, 2.45) is 0 Å². The van der Waals surface area contributed by atoms with E-state index in [0.717, 1.165) is 47.5 Å². The molecule has 1 aliphatic rings. The van der Waals surface area contributed by atoms with Crippen LogP contribution in [0.5, 0.6) is 5.75 Å². The predicted octanol–water partition coefficient (Wildman–Crippen LogP) is 3.37. The molecule has 0 radical (unpaired) electrons. The largest absolute Gasteiger partial charge is 0.495 e. The average molecular weight is 406 g/mol. The Morgan fingerprint density at radius 3 is 2.56 bits per heavy atom. The summed E-state index contributed by atoms with van der Waals surface area (Å²) in [6, 6.07) is 9.86. The summed E-state index contributed by atoms with van der Waals surface area (Å²) in [5, 5.41) is 4.58. The van der Waals surface area contributed by atoms with Crippen molar-refractivity contribution in [2.45, 2.75) is 6.92 Å². The molecule has 1 N–H and O–H groups in total. The Morgan fingerprint density at radius 1 is 1.19 bits per heavy atom. The lowest BCUT2D eigenvalue weighted by molar-refractivity contribution is 0.0602. The van der Waals surface area contributed by atoms with Crippen LogP contribution >= 0.6 is 23.6 Å². The lowest BCUT2D eigenvalue weighted by Crippen LogP contribution is -2.50. The first kappa shape index (κ1) is 19.4. The maximum atomic E-state index is 11.9. The van der Waals surface area contributed by atoms with Gasteiger partial charge < -0.3 is 24.6 Å². The molecule has 6 nitrogen and oxygen atoms in total. The quantitative estimate of drug-likeness (QED) is 0.618.